The van der Waals surface area contributed by atoms with Crippen LogP contribution in [0.25, 0.3) is 0 Å². The van der Waals surface area contributed by atoms with Gasteiger partial charge in [-0.3, -0.25) is 4.79 Å². The molecule has 5 aliphatic carbocycles. The third-order valence-corrected chi connectivity index (χ3v) is 10.8. The Morgan fingerprint density at radius 1 is 1.07 bits per heavy atom. The molecule has 160 valence electrons. The van der Waals surface area contributed by atoms with Gasteiger partial charge < -0.3 is 4.84 Å². The number of nitrogens with zero attached hydrogens (tertiary/aromatic N) is 1. The predicted molar refractivity (Wildman–Crippen MR) is 117 cm³/mol. The van der Waals surface area contributed by atoms with E-state index in [0.717, 1.165) is 36.3 Å². The molecule has 5 rings (SSSR count). The molecule has 0 aromatic rings. The Labute approximate surface area is 176 Å². The number of allylic oxidation sites excluding steroid dienone is 2. The summed E-state index contributed by atoms with van der Waals surface area (Å²) in [4.78, 5) is 18.2. The third kappa shape index (κ3) is 2.48. The smallest absolute Gasteiger partial charge is 0.136 e. The molecule has 0 aliphatic heterocycles. The van der Waals surface area contributed by atoms with Crippen molar-refractivity contribution in [2.75, 3.05) is 7.11 Å². The Balaban J connectivity index is 1.50. The van der Waals surface area contributed by atoms with E-state index in [1.165, 1.54) is 57.8 Å². The normalized spacial score (nSPS) is 50.1. The molecular weight excluding hydrogens is 358 g/mol. The van der Waals surface area contributed by atoms with E-state index in [0.29, 0.717) is 17.1 Å². The predicted octanol–water partition coefficient (Wildman–Crippen LogP) is 6.33. The van der Waals surface area contributed by atoms with Crippen molar-refractivity contribution in [3.05, 3.63) is 11.6 Å². The van der Waals surface area contributed by atoms with Crippen molar-refractivity contribution in [3.8, 4) is 0 Å². The van der Waals surface area contributed by atoms with Crippen LogP contribution in [0.2, 0.25) is 0 Å². The topological polar surface area (TPSA) is 38.7 Å². The van der Waals surface area contributed by atoms with E-state index >= 15 is 0 Å². The van der Waals surface area contributed by atoms with Crippen LogP contribution >= 0.6 is 0 Å². The van der Waals surface area contributed by atoms with Crippen LogP contribution in [0.4, 0.5) is 0 Å². The molecule has 4 saturated carbocycles. The minimum absolute atomic E-state index is 0.0111. The number of rotatable bonds is 2. The number of carbonyl (C=O) groups excluding carboxylic acids is 1. The van der Waals surface area contributed by atoms with Gasteiger partial charge in [0, 0.05) is 5.41 Å². The number of hydrogen-bond donors (Lipinski definition) is 0. The minimum atomic E-state index is -0.0111. The molecule has 3 nitrogen and oxygen atoms in total. The monoisotopic (exact) mass is 397 g/mol. The van der Waals surface area contributed by atoms with E-state index in [2.05, 4.69) is 25.1 Å². The highest BCUT2D eigenvalue weighted by Crippen LogP contribution is 2.74. The Hall–Kier alpha value is -1.12. The van der Waals surface area contributed by atoms with Gasteiger partial charge in [-0.25, -0.2) is 0 Å². The number of fused-ring (bicyclic) bond motifs is 7. The first kappa shape index (κ1) is 19.8. The molecule has 7 atom stereocenters. The zero-order valence-electron chi connectivity index (χ0n) is 18.9. The fraction of sp³-hybridized carbons (Fsp3) is 0.846. The summed E-state index contributed by atoms with van der Waals surface area (Å²) in [5.74, 6) is 3.51. The van der Waals surface area contributed by atoms with Gasteiger partial charge in [-0.15, -0.1) is 0 Å². The van der Waals surface area contributed by atoms with Crippen LogP contribution in [-0.2, 0) is 9.63 Å². The number of carbonyl (C=O) groups is 1. The SMILES string of the molecule is CON=C1C=C2CCC3C(CC[C@@]4(C)C3CC3CCCCC34C(C)=O)[C@@]2(C)CC1. The maximum absolute atomic E-state index is 13.2. The van der Waals surface area contributed by atoms with Crippen LogP contribution in [0, 0.1) is 39.9 Å². The molecule has 4 fully saturated rings. The van der Waals surface area contributed by atoms with Gasteiger partial charge in [-0.05, 0) is 105 Å². The lowest BCUT2D eigenvalue weighted by Crippen LogP contribution is -2.55. The summed E-state index contributed by atoms with van der Waals surface area (Å²) in [7, 11) is 1.66. The van der Waals surface area contributed by atoms with Crippen LogP contribution in [0.1, 0.15) is 91.4 Å². The highest BCUT2D eigenvalue weighted by Gasteiger charge is 2.69. The largest absolute Gasteiger partial charge is 0.399 e. The second kappa shape index (κ2) is 6.69. The van der Waals surface area contributed by atoms with Gasteiger partial charge in [0.15, 0.2) is 0 Å². The molecule has 0 bridgehead atoms. The van der Waals surface area contributed by atoms with Crippen molar-refractivity contribution >= 4 is 11.5 Å². The third-order valence-electron chi connectivity index (χ3n) is 10.8. The number of ketones is 1. The molecule has 0 spiro atoms. The average Bonchev–Trinajstić information content (AvgIpc) is 2.98. The summed E-state index contributed by atoms with van der Waals surface area (Å²) in [6.45, 7) is 7.02. The summed E-state index contributed by atoms with van der Waals surface area (Å²) in [5, 5.41) is 4.25. The van der Waals surface area contributed by atoms with Crippen molar-refractivity contribution in [3.63, 3.8) is 0 Å². The molecule has 0 heterocycles. The molecule has 0 radical (unpaired) electrons. The van der Waals surface area contributed by atoms with Crippen molar-refractivity contribution in [1.82, 2.24) is 0 Å². The molecular formula is C26H39NO2. The first-order valence-electron chi connectivity index (χ1n) is 12.2. The zero-order valence-corrected chi connectivity index (χ0v) is 18.9. The Kier molecular flexibility index (Phi) is 4.57. The molecule has 0 saturated heterocycles. The highest BCUT2D eigenvalue weighted by molar-refractivity contribution is 5.96. The summed E-state index contributed by atoms with van der Waals surface area (Å²) in [6.07, 6.45) is 16.1. The van der Waals surface area contributed by atoms with Gasteiger partial charge in [0.05, 0.1) is 5.71 Å². The molecule has 0 amide bonds. The fourth-order valence-corrected chi connectivity index (χ4v) is 9.56. The Morgan fingerprint density at radius 3 is 2.66 bits per heavy atom. The van der Waals surface area contributed by atoms with E-state index in [1.807, 2.05) is 6.92 Å². The van der Waals surface area contributed by atoms with Crippen LogP contribution in [0.5, 0.6) is 0 Å². The van der Waals surface area contributed by atoms with Gasteiger partial charge in [-0.2, -0.15) is 0 Å². The maximum atomic E-state index is 13.2. The van der Waals surface area contributed by atoms with E-state index in [9.17, 15) is 4.79 Å². The lowest BCUT2D eigenvalue weighted by molar-refractivity contribution is -0.147. The van der Waals surface area contributed by atoms with Crippen LogP contribution in [-0.4, -0.2) is 18.6 Å². The lowest BCUT2D eigenvalue weighted by Gasteiger charge is -2.60. The van der Waals surface area contributed by atoms with E-state index in [4.69, 9.17) is 4.84 Å². The van der Waals surface area contributed by atoms with E-state index < -0.39 is 0 Å². The summed E-state index contributed by atoms with van der Waals surface area (Å²) in [5.41, 5.74) is 3.30. The summed E-state index contributed by atoms with van der Waals surface area (Å²) in [6, 6.07) is 0. The summed E-state index contributed by atoms with van der Waals surface area (Å²) >= 11 is 0. The van der Waals surface area contributed by atoms with Crippen molar-refractivity contribution < 1.29 is 9.63 Å². The average molecular weight is 398 g/mol. The molecule has 0 N–H and O–H groups in total. The molecule has 5 aliphatic rings. The molecule has 0 aromatic carbocycles. The second-order valence-corrected chi connectivity index (χ2v) is 11.4. The van der Waals surface area contributed by atoms with E-state index in [-0.39, 0.29) is 10.8 Å². The van der Waals surface area contributed by atoms with Crippen molar-refractivity contribution in [2.45, 2.75) is 91.4 Å². The number of Topliss-reactive ketones (excluding diaryl/α,β-unsaturated/α-hetero) is 1. The number of hydrogen-bond acceptors (Lipinski definition) is 3. The first-order chi connectivity index (χ1) is 13.9. The molecule has 5 unspecified atom stereocenters. The van der Waals surface area contributed by atoms with Crippen LogP contribution in [0.15, 0.2) is 16.8 Å². The Bertz CT molecular complexity index is 769. The van der Waals surface area contributed by atoms with E-state index in [1.54, 1.807) is 12.7 Å². The quantitative estimate of drug-likeness (QED) is 0.511. The van der Waals surface area contributed by atoms with Gasteiger partial charge in [-0.1, -0.05) is 37.4 Å². The van der Waals surface area contributed by atoms with Gasteiger partial charge >= 0.3 is 0 Å². The Morgan fingerprint density at radius 2 is 1.90 bits per heavy atom. The van der Waals surface area contributed by atoms with Gasteiger partial charge in [0.1, 0.15) is 12.9 Å². The highest BCUT2D eigenvalue weighted by atomic mass is 16.6. The van der Waals surface area contributed by atoms with Crippen molar-refractivity contribution in [2.24, 2.45) is 45.1 Å². The van der Waals surface area contributed by atoms with Gasteiger partial charge in [0.2, 0.25) is 0 Å². The first-order valence-corrected chi connectivity index (χ1v) is 12.2. The second-order valence-electron chi connectivity index (χ2n) is 11.4. The maximum Gasteiger partial charge on any atom is 0.136 e. The molecule has 3 heteroatoms. The zero-order chi connectivity index (χ0) is 20.4. The molecule has 29 heavy (non-hydrogen) atoms. The van der Waals surface area contributed by atoms with Crippen LogP contribution < -0.4 is 0 Å². The standard InChI is InChI=1S/C26H39NO2/c1-17(28)26-12-6-5-7-19(26)16-23-21-9-8-18-15-20(27-29-4)10-13-24(18,2)22(21)11-14-25(23,26)3/h15,19,21-23H,5-14,16H2,1-4H3/t19?,21?,22?,23?,24-,25-,26?/m0/s1. The lowest BCUT2D eigenvalue weighted by atomic mass is 9.44. The summed E-state index contributed by atoms with van der Waals surface area (Å²) < 4.78 is 0. The van der Waals surface area contributed by atoms with Gasteiger partial charge in [0.25, 0.3) is 0 Å². The molecule has 0 aromatic heterocycles. The van der Waals surface area contributed by atoms with Crippen molar-refractivity contribution in [1.29, 1.82) is 0 Å². The number of oxime groups is 1. The fourth-order valence-electron chi connectivity index (χ4n) is 9.56. The van der Waals surface area contributed by atoms with Crippen LogP contribution in [0.3, 0.4) is 0 Å². The minimum Gasteiger partial charge on any atom is -0.399 e.